The number of ether oxygens (including phenoxy) is 1. The zero-order valence-electron chi connectivity index (χ0n) is 11.9. The van der Waals surface area contributed by atoms with Crippen molar-refractivity contribution in [1.82, 2.24) is 9.55 Å². The first kappa shape index (κ1) is 14.5. The normalized spacial score (nSPS) is 11.1. The number of unbranched alkanes of at least 4 members (excludes halogenated alkanes) is 2. The van der Waals surface area contributed by atoms with Gasteiger partial charge in [0, 0.05) is 20.3 Å². The third kappa shape index (κ3) is 3.17. The molecule has 2 aromatic rings. The Morgan fingerprint density at radius 2 is 2.15 bits per heavy atom. The zero-order chi connectivity index (χ0) is 14.5. The van der Waals surface area contributed by atoms with Crippen molar-refractivity contribution in [2.24, 2.45) is 0 Å². The molecule has 0 saturated carbocycles. The van der Waals surface area contributed by atoms with Crippen LogP contribution >= 0.6 is 0 Å². The molecule has 0 bridgehead atoms. The van der Waals surface area contributed by atoms with Gasteiger partial charge >= 0.3 is 5.97 Å². The van der Waals surface area contributed by atoms with Crippen LogP contribution in [0.3, 0.4) is 0 Å². The average Bonchev–Trinajstić information content (AvgIpc) is 2.73. The summed E-state index contributed by atoms with van der Waals surface area (Å²) in [6.07, 6.45) is 3.24. The van der Waals surface area contributed by atoms with Crippen LogP contribution in [-0.2, 0) is 11.3 Å². The zero-order valence-corrected chi connectivity index (χ0v) is 11.9. The van der Waals surface area contributed by atoms with Crippen LogP contribution < -0.4 is 0 Å². The predicted molar refractivity (Wildman–Crippen MR) is 77.2 cm³/mol. The van der Waals surface area contributed by atoms with Gasteiger partial charge in [-0.05, 0) is 44.4 Å². The van der Waals surface area contributed by atoms with Gasteiger partial charge in [-0.3, -0.25) is 0 Å². The summed E-state index contributed by atoms with van der Waals surface area (Å²) in [5, 5.41) is 9.00. The minimum absolute atomic E-state index is 0.280. The number of fused-ring (bicyclic) bond motifs is 1. The largest absolute Gasteiger partial charge is 0.478 e. The molecular weight excluding hydrogens is 256 g/mol. The number of hydrogen-bond donors (Lipinski definition) is 1. The lowest BCUT2D eigenvalue weighted by atomic mass is 10.2. The van der Waals surface area contributed by atoms with Crippen LogP contribution in [0.1, 0.15) is 35.4 Å². The quantitative estimate of drug-likeness (QED) is 0.790. The van der Waals surface area contributed by atoms with Crippen molar-refractivity contribution in [2.75, 3.05) is 13.7 Å². The second kappa shape index (κ2) is 6.52. The Bertz CT molecular complexity index is 604. The molecule has 20 heavy (non-hydrogen) atoms. The minimum atomic E-state index is -0.918. The third-order valence-electron chi connectivity index (χ3n) is 3.42. The molecule has 0 spiro atoms. The van der Waals surface area contributed by atoms with Crippen LogP contribution in [-0.4, -0.2) is 34.3 Å². The highest BCUT2D eigenvalue weighted by atomic mass is 16.5. The van der Waals surface area contributed by atoms with E-state index in [9.17, 15) is 4.79 Å². The number of carboxylic acids is 1. The molecule has 0 aliphatic carbocycles. The van der Waals surface area contributed by atoms with Crippen molar-refractivity contribution < 1.29 is 14.6 Å². The molecule has 1 aromatic carbocycles. The lowest BCUT2D eigenvalue weighted by Crippen LogP contribution is -2.01. The Hall–Kier alpha value is -1.88. The number of nitrogens with zero attached hydrogens (tertiary/aromatic N) is 2. The number of imidazole rings is 1. The van der Waals surface area contributed by atoms with Crippen molar-refractivity contribution in [3.63, 3.8) is 0 Å². The first-order valence-electron chi connectivity index (χ1n) is 6.82. The lowest BCUT2D eigenvalue weighted by Gasteiger charge is -2.06. The standard InChI is InChI=1S/C15H20N2O3/c1-11-16-13-10-12(15(18)19)6-7-14(13)17(11)8-4-3-5-9-20-2/h6-7,10H,3-5,8-9H2,1-2H3,(H,18,19). The van der Waals surface area contributed by atoms with E-state index in [1.807, 2.05) is 13.0 Å². The van der Waals surface area contributed by atoms with E-state index >= 15 is 0 Å². The third-order valence-corrected chi connectivity index (χ3v) is 3.42. The van der Waals surface area contributed by atoms with Crippen molar-refractivity contribution >= 4 is 17.0 Å². The Labute approximate surface area is 118 Å². The Morgan fingerprint density at radius 1 is 1.35 bits per heavy atom. The molecule has 1 N–H and O–H groups in total. The summed E-state index contributed by atoms with van der Waals surface area (Å²) in [7, 11) is 1.72. The second-order valence-electron chi connectivity index (χ2n) is 4.87. The van der Waals surface area contributed by atoms with E-state index in [0.29, 0.717) is 0 Å². The van der Waals surface area contributed by atoms with E-state index in [0.717, 1.165) is 49.3 Å². The fourth-order valence-electron chi connectivity index (χ4n) is 2.36. The number of rotatable bonds is 7. The molecule has 0 radical (unpaired) electrons. The molecule has 108 valence electrons. The number of methoxy groups -OCH3 is 1. The maximum absolute atomic E-state index is 11.0. The maximum atomic E-state index is 11.0. The fourth-order valence-corrected chi connectivity index (χ4v) is 2.36. The van der Waals surface area contributed by atoms with Gasteiger partial charge in [0.25, 0.3) is 0 Å². The van der Waals surface area contributed by atoms with E-state index in [1.54, 1.807) is 19.2 Å². The van der Waals surface area contributed by atoms with E-state index in [4.69, 9.17) is 9.84 Å². The summed E-state index contributed by atoms with van der Waals surface area (Å²) in [5.74, 6) is 0.00736. The molecule has 0 unspecified atom stereocenters. The van der Waals surface area contributed by atoms with Gasteiger partial charge < -0.3 is 14.4 Å². The summed E-state index contributed by atoms with van der Waals surface area (Å²) < 4.78 is 7.18. The molecule has 0 fully saturated rings. The van der Waals surface area contributed by atoms with Gasteiger partial charge in [0.1, 0.15) is 5.82 Å². The highest BCUT2D eigenvalue weighted by molar-refractivity contribution is 5.92. The van der Waals surface area contributed by atoms with Crippen LogP contribution in [0.2, 0.25) is 0 Å². The average molecular weight is 276 g/mol. The molecule has 1 heterocycles. The van der Waals surface area contributed by atoms with Crippen molar-refractivity contribution in [2.45, 2.75) is 32.7 Å². The molecular formula is C15H20N2O3. The van der Waals surface area contributed by atoms with Gasteiger partial charge in [-0.1, -0.05) is 0 Å². The first-order valence-corrected chi connectivity index (χ1v) is 6.82. The number of hydrogen-bond acceptors (Lipinski definition) is 3. The maximum Gasteiger partial charge on any atom is 0.335 e. The first-order chi connectivity index (χ1) is 9.63. The SMILES string of the molecule is COCCCCCn1c(C)nc2cc(C(=O)O)ccc21. The minimum Gasteiger partial charge on any atom is -0.478 e. The summed E-state index contributed by atoms with van der Waals surface area (Å²) >= 11 is 0. The Morgan fingerprint density at radius 3 is 2.85 bits per heavy atom. The number of aromatic nitrogens is 2. The van der Waals surface area contributed by atoms with Crippen LogP contribution in [0.5, 0.6) is 0 Å². The fraction of sp³-hybridized carbons (Fsp3) is 0.467. The molecule has 0 aliphatic rings. The Balaban J connectivity index is 2.13. The van der Waals surface area contributed by atoms with Gasteiger partial charge in [-0.25, -0.2) is 9.78 Å². The summed E-state index contributed by atoms with van der Waals surface area (Å²) in [6.45, 7) is 3.65. The molecule has 0 atom stereocenters. The number of benzene rings is 1. The summed E-state index contributed by atoms with van der Waals surface area (Å²) in [6, 6.07) is 5.10. The topological polar surface area (TPSA) is 64.4 Å². The number of aromatic carboxylic acids is 1. The Kier molecular flexibility index (Phi) is 4.74. The van der Waals surface area contributed by atoms with E-state index in [1.165, 1.54) is 0 Å². The molecule has 5 nitrogen and oxygen atoms in total. The monoisotopic (exact) mass is 276 g/mol. The van der Waals surface area contributed by atoms with Gasteiger partial charge in [0.2, 0.25) is 0 Å². The molecule has 5 heteroatoms. The second-order valence-corrected chi connectivity index (χ2v) is 4.87. The van der Waals surface area contributed by atoms with Crippen molar-refractivity contribution in [1.29, 1.82) is 0 Å². The lowest BCUT2D eigenvalue weighted by molar-refractivity contribution is 0.0697. The molecule has 0 amide bonds. The predicted octanol–water partition coefficient (Wildman–Crippen LogP) is 2.86. The van der Waals surface area contributed by atoms with Gasteiger partial charge in [-0.2, -0.15) is 0 Å². The number of aryl methyl sites for hydroxylation is 2. The van der Waals surface area contributed by atoms with Gasteiger partial charge in [0.15, 0.2) is 0 Å². The summed E-state index contributed by atoms with van der Waals surface area (Å²) in [5.41, 5.74) is 2.03. The number of carbonyl (C=O) groups is 1. The molecule has 1 aromatic heterocycles. The van der Waals surface area contributed by atoms with E-state index < -0.39 is 5.97 Å². The highest BCUT2D eigenvalue weighted by Crippen LogP contribution is 2.18. The van der Waals surface area contributed by atoms with Crippen molar-refractivity contribution in [3.05, 3.63) is 29.6 Å². The van der Waals surface area contributed by atoms with Gasteiger partial charge in [0.05, 0.1) is 16.6 Å². The van der Waals surface area contributed by atoms with Crippen LogP contribution in [0.25, 0.3) is 11.0 Å². The van der Waals surface area contributed by atoms with Crippen LogP contribution in [0.15, 0.2) is 18.2 Å². The van der Waals surface area contributed by atoms with Crippen molar-refractivity contribution in [3.8, 4) is 0 Å². The summed E-state index contributed by atoms with van der Waals surface area (Å²) in [4.78, 5) is 15.4. The van der Waals surface area contributed by atoms with Crippen LogP contribution in [0, 0.1) is 6.92 Å². The molecule has 2 rings (SSSR count). The van der Waals surface area contributed by atoms with Crippen LogP contribution in [0.4, 0.5) is 0 Å². The smallest absolute Gasteiger partial charge is 0.335 e. The van der Waals surface area contributed by atoms with E-state index in [2.05, 4.69) is 9.55 Å². The molecule has 0 aliphatic heterocycles. The number of carboxylic acid groups (broad SMARTS) is 1. The van der Waals surface area contributed by atoms with Gasteiger partial charge in [-0.15, -0.1) is 0 Å². The van der Waals surface area contributed by atoms with E-state index in [-0.39, 0.29) is 5.56 Å². The molecule has 0 saturated heterocycles. The highest BCUT2D eigenvalue weighted by Gasteiger charge is 2.10.